The highest BCUT2D eigenvalue weighted by atomic mass is 19.1. The van der Waals surface area contributed by atoms with Crippen molar-refractivity contribution >= 4 is 5.69 Å². The third-order valence-corrected chi connectivity index (χ3v) is 1.90. The molecule has 0 aliphatic rings. The van der Waals surface area contributed by atoms with Gasteiger partial charge in [-0.05, 0) is 18.2 Å². The van der Waals surface area contributed by atoms with Gasteiger partial charge in [-0.2, -0.15) is 5.26 Å². The van der Waals surface area contributed by atoms with Gasteiger partial charge in [0.2, 0.25) is 0 Å². The molecule has 0 atom stereocenters. The summed E-state index contributed by atoms with van der Waals surface area (Å²) in [6.45, 7) is 1.24. The molecule has 0 fully saturated rings. The number of rotatable bonds is 6. The molecule has 86 valence electrons. The summed E-state index contributed by atoms with van der Waals surface area (Å²) in [5, 5.41) is 19.9. The van der Waals surface area contributed by atoms with E-state index in [-0.39, 0.29) is 12.2 Å². The van der Waals surface area contributed by atoms with E-state index in [1.54, 1.807) is 12.1 Å². The van der Waals surface area contributed by atoms with Crippen LogP contribution >= 0.6 is 0 Å². The van der Waals surface area contributed by atoms with E-state index in [1.807, 2.05) is 0 Å². The molecule has 0 heterocycles. The lowest BCUT2D eigenvalue weighted by molar-refractivity contribution is 0.0992. The third-order valence-electron chi connectivity index (χ3n) is 1.90. The minimum absolute atomic E-state index is 0.00844. The van der Waals surface area contributed by atoms with Crippen LogP contribution in [0.4, 0.5) is 10.1 Å². The molecule has 5 heteroatoms. The van der Waals surface area contributed by atoms with Crippen LogP contribution in [-0.4, -0.2) is 31.5 Å². The number of nitriles is 1. The van der Waals surface area contributed by atoms with Crippen LogP contribution in [0.15, 0.2) is 18.2 Å². The number of aliphatic hydroxyl groups is 1. The molecular formula is C11H13FN2O2. The summed E-state index contributed by atoms with van der Waals surface area (Å²) < 4.78 is 18.2. The highest BCUT2D eigenvalue weighted by Crippen LogP contribution is 2.13. The van der Waals surface area contributed by atoms with Crippen LogP contribution in [-0.2, 0) is 4.74 Å². The summed E-state index contributed by atoms with van der Waals surface area (Å²) in [6, 6.07) is 6.08. The minimum atomic E-state index is -0.538. The van der Waals surface area contributed by atoms with Crippen LogP contribution < -0.4 is 5.32 Å². The van der Waals surface area contributed by atoms with Crippen LogP contribution in [0.1, 0.15) is 5.56 Å². The molecule has 0 aliphatic heterocycles. The summed E-state index contributed by atoms with van der Waals surface area (Å²) >= 11 is 0. The van der Waals surface area contributed by atoms with E-state index in [1.165, 1.54) is 12.1 Å². The van der Waals surface area contributed by atoms with Crippen LogP contribution in [0.25, 0.3) is 0 Å². The van der Waals surface area contributed by atoms with Crippen molar-refractivity contribution in [2.45, 2.75) is 0 Å². The fourth-order valence-corrected chi connectivity index (χ4v) is 1.15. The maximum Gasteiger partial charge on any atom is 0.143 e. The molecule has 16 heavy (non-hydrogen) atoms. The topological polar surface area (TPSA) is 65.3 Å². The molecule has 0 radical (unpaired) electrons. The average molecular weight is 224 g/mol. The molecule has 0 unspecified atom stereocenters. The van der Waals surface area contributed by atoms with Crippen molar-refractivity contribution in [3.8, 4) is 6.07 Å². The van der Waals surface area contributed by atoms with Crippen molar-refractivity contribution in [3.63, 3.8) is 0 Å². The van der Waals surface area contributed by atoms with Gasteiger partial charge in [0.15, 0.2) is 0 Å². The minimum Gasteiger partial charge on any atom is -0.394 e. The molecule has 2 N–H and O–H groups in total. The second-order valence-corrected chi connectivity index (χ2v) is 3.07. The van der Waals surface area contributed by atoms with Gasteiger partial charge in [0.05, 0.1) is 25.4 Å². The van der Waals surface area contributed by atoms with E-state index in [4.69, 9.17) is 15.1 Å². The Morgan fingerprint density at radius 2 is 2.25 bits per heavy atom. The van der Waals surface area contributed by atoms with Crippen molar-refractivity contribution in [1.82, 2.24) is 0 Å². The van der Waals surface area contributed by atoms with Crippen LogP contribution in [0.3, 0.4) is 0 Å². The Balaban J connectivity index is 2.38. The van der Waals surface area contributed by atoms with E-state index in [0.29, 0.717) is 25.4 Å². The zero-order valence-corrected chi connectivity index (χ0v) is 8.74. The molecule has 1 aromatic carbocycles. The Morgan fingerprint density at radius 3 is 2.88 bits per heavy atom. The van der Waals surface area contributed by atoms with Gasteiger partial charge in [-0.1, -0.05) is 0 Å². The summed E-state index contributed by atoms with van der Waals surface area (Å²) in [7, 11) is 0. The first kappa shape index (κ1) is 12.4. The first-order chi connectivity index (χ1) is 7.77. The predicted octanol–water partition coefficient (Wildman–Crippen LogP) is 1.12. The van der Waals surface area contributed by atoms with Gasteiger partial charge in [0.25, 0.3) is 0 Å². The number of anilines is 1. The fraction of sp³-hybridized carbons (Fsp3) is 0.364. The van der Waals surface area contributed by atoms with Gasteiger partial charge in [-0.25, -0.2) is 4.39 Å². The number of hydrogen-bond donors (Lipinski definition) is 2. The average Bonchev–Trinajstić information content (AvgIpc) is 2.29. The maximum absolute atomic E-state index is 13.2. The number of nitrogens with one attached hydrogen (secondary N) is 1. The summed E-state index contributed by atoms with van der Waals surface area (Å²) in [6.07, 6.45) is 0. The summed E-state index contributed by atoms with van der Waals surface area (Å²) in [5.41, 5.74) is 0.631. The Morgan fingerprint density at radius 1 is 1.44 bits per heavy atom. The third kappa shape index (κ3) is 3.85. The number of ether oxygens (including phenoxy) is 1. The van der Waals surface area contributed by atoms with Crippen molar-refractivity contribution in [1.29, 1.82) is 5.26 Å². The van der Waals surface area contributed by atoms with Crippen LogP contribution in [0.2, 0.25) is 0 Å². The van der Waals surface area contributed by atoms with Gasteiger partial charge >= 0.3 is 0 Å². The lowest BCUT2D eigenvalue weighted by Crippen LogP contribution is -2.11. The highest BCUT2D eigenvalue weighted by Gasteiger charge is 2.01. The molecule has 0 amide bonds. The van der Waals surface area contributed by atoms with Crippen LogP contribution in [0.5, 0.6) is 0 Å². The molecule has 0 saturated carbocycles. The first-order valence-electron chi connectivity index (χ1n) is 4.90. The second-order valence-electron chi connectivity index (χ2n) is 3.07. The van der Waals surface area contributed by atoms with Gasteiger partial charge in [0.1, 0.15) is 11.9 Å². The van der Waals surface area contributed by atoms with Crippen molar-refractivity contribution in [2.75, 3.05) is 31.7 Å². The molecule has 4 nitrogen and oxygen atoms in total. The molecule has 1 rings (SSSR count). The molecule has 0 spiro atoms. The van der Waals surface area contributed by atoms with E-state index in [2.05, 4.69) is 5.32 Å². The lowest BCUT2D eigenvalue weighted by atomic mass is 10.2. The molecule has 0 aliphatic carbocycles. The molecule has 0 saturated heterocycles. The molecule has 0 aromatic heterocycles. The Bertz CT molecular complexity index is 377. The van der Waals surface area contributed by atoms with Crippen molar-refractivity contribution in [2.24, 2.45) is 0 Å². The first-order valence-corrected chi connectivity index (χ1v) is 4.90. The van der Waals surface area contributed by atoms with Gasteiger partial charge in [-0.15, -0.1) is 0 Å². The number of benzene rings is 1. The second kappa shape index (κ2) is 6.77. The number of halogens is 1. The molecule has 1 aromatic rings. The van der Waals surface area contributed by atoms with Gasteiger partial charge in [0, 0.05) is 12.2 Å². The normalized spacial score (nSPS) is 9.81. The number of nitrogens with zero attached hydrogens (tertiary/aromatic N) is 1. The van der Waals surface area contributed by atoms with Gasteiger partial charge < -0.3 is 15.2 Å². The highest BCUT2D eigenvalue weighted by molar-refractivity contribution is 5.48. The Kier molecular flexibility index (Phi) is 5.26. The monoisotopic (exact) mass is 224 g/mol. The number of aliphatic hydroxyl groups excluding tert-OH is 1. The lowest BCUT2D eigenvalue weighted by Gasteiger charge is -2.07. The van der Waals surface area contributed by atoms with Crippen molar-refractivity contribution < 1.29 is 14.2 Å². The number of hydrogen-bond acceptors (Lipinski definition) is 4. The van der Waals surface area contributed by atoms with E-state index in [9.17, 15) is 4.39 Å². The van der Waals surface area contributed by atoms with E-state index in [0.717, 1.165) is 0 Å². The van der Waals surface area contributed by atoms with E-state index < -0.39 is 5.82 Å². The maximum atomic E-state index is 13.2. The molecular weight excluding hydrogens is 211 g/mol. The Labute approximate surface area is 93.3 Å². The summed E-state index contributed by atoms with van der Waals surface area (Å²) in [5.74, 6) is -0.538. The zero-order chi connectivity index (χ0) is 11.8. The summed E-state index contributed by atoms with van der Waals surface area (Å²) in [4.78, 5) is 0. The SMILES string of the molecule is N#Cc1ccc(NCCOCCO)cc1F. The molecule has 0 bridgehead atoms. The smallest absolute Gasteiger partial charge is 0.143 e. The Hall–Kier alpha value is -1.64. The van der Waals surface area contributed by atoms with Gasteiger partial charge in [-0.3, -0.25) is 0 Å². The standard InChI is InChI=1S/C11H13FN2O2/c12-11-7-10(2-1-9(11)8-13)14-3-5-16-6-4-15/h1-2,7,14-15H,3-6H2. The zero-order valence-electron chi connectivity index (χ0n) is 8.74. The fourth-order valence-electron chi connectivity index (χ4n) is 1.15. The van der Waals surface area contributed by atoms with Crippen LogP contribution in [0, 0.1) is 17.1 Å². The largest absolute Gasteiger partial charge is 0.394 e. The predicted molar refractivity (Wildman–Crippen MR) is 57.5 cm³/mol. The van der Waals surface area contributed by atoms with Crippen molar-refractivity contribution in [3.05, 3.63) is 29.6 Å². The van der Waals surface area contributed by atoms with E-state index >= 15 is 0 Å². The quantitative estimate of drug-likeness (QED) is 0.710.